The molecule has 0 aromatic heterocycles. The van der Waals surface area contributed by atoms with Gasteiger partial charge in [-0.25, -0.2) is 5.01 Å². The molecule has 1 unspecified atom stereocenters. The van der Waals surface area contributed by atoms with E-state index in [0.29, 0.717) is 12.1 Å². The lowest BCUT2D eigenvalue weighted by Gasteiger charge is -2.28. The lowest BCUT2D eigenvalue weighted by atomic mass is 9.94. The number of amides is 1. The van der Waals surface area contributed by atoms with Crippen molar-refractivity contribution in [1.29, 1.82) is 0 Å². The average molecular weight is 430 g/mol. The molecule has 3 rings (SSSR count). The Labute approximate surface area is 180 Å². The van der Waals surface area contributed by atoms with Crippen molar-refractivity contribution in [3.05, 3.63) is 65.2 Å². The summed E-state index contributed by atoms with van der Waals surface area (Å²) in [5, 5.41) is 6.44. The number of anilines is 1. The highest BCUT2D eigenvalue weighted by atomic mass is 32.3. The molecule has 1 amide bonds. The second-order valence-electron chi connectivity index (χ2n) is 7.84. The van der Waals surface area contributed by atoms with Gasteiger partial charge in [-0.3, -0.25) is 18.6 Å². The van der Waals surface area contributed by atoms with Crippen LogP contribution < -0.4 is 4.72 Å². The fourth-order valence-corrected chi connectivity index (χ4v) is 4.47. The zero-order valence-electron chi connectivity index (χ0n) is 18.0. The van der Waals surface area contributed by atoms with Crippen LogP contribution in [0.3, 0.4) is 0 Å². The Morgan fingerprint density at radius 1 is 1.20 bits per heavy atom. The molecule has 7 heteroatoms. The van der Waals surface area contributed by atoms with Crippen LogP contribution in [0.2, 0.25) is 0 Å². The molecule has 1 heterocycles. The van der Waals surface area contributed by atoms with E-state index in [-0.39, 0.29) is 17.9 Å². The first-order valence-electron chi connectivity index (χ1n) is 10.3. The van der Waals surface area contributed by atoms with E-state index < -0.39 is 10.8 Å². The van der Waals surface area contributed by atoms with Crippen molar-refractivity contribution >= 4 is 28.1 Å². The van der Waals surface area contributed by atoms with Gasteiger partial charge in [-0.1, -0.05) is 50.2 Å². The van der Waals surface area contributed by atoms with Crippen LogP contribution in [0.15, 0.2) is 53.6 Å². The van der Waals surface area contributed by atoms with Crippen LogP contribution in [0.5, 0.6) is 0 Å². The topological polar surface area (TPSA) is 85.2 Å². The molecule has 2 aromatic carbocycles. The summed E-state index contributed by atoms with van der Waals surface area (Å²) in [4.78, 5) is 13.3. The highest BCUT2D eigenvalue weighted by molar-refractivity contribution is 8.24. The van der Waals surface area contributed by atoms with Crippen molar-refractivity contribution in [3.63, 3.8) is 0 Å². The molecular formula is C23H31N3O3S. The van der Waals surface area contributed by atoms with Gasteiger partial charge in [0.1, 0.15) is 0 Å². The Kier molecular flexibility index (Phi) is 6.85. The molecule has 3 N–H and O–H groups in total. The maximum atomic E-state index is 13.3. The van der Waals surface area contributed by atoms with Gasteiger partial charge in [0.25, 0.3) is 0 Å². The van der Waals surface area contributed by atoms with E-state index in [0.717, 1.165) is 35.2 Å². The summed E-state index contributed by atoms with van der Waals surface area (Å²) >= 11 is 0. The van der Waals surface area contributed by atoms with Gasteiger partial charge in [-0.15, -0.1) is 10.8 Å². The van der Waals surface area contributed by atoms with E-state index in [4.69, 9.17) is 5.10 Å². The molecule has 0 radical (unpaired) electrons. The van der Waals surface area contributed by atoms with Crippen LogP contribution in [0, 0.1) is 12.8 Å². The van der Waals surface area contributed by atoms with E-state index in [1.807, 2.05) is 44.2 Å². The van der Waals surface area contributed by atoms with Crippen molar-refractivity contribution in [3.8, 4) is 0 Å². The summed E-state index contributed by atoms with van der Waals surface area (Å²) in [6.07, 6.45) is 3.52. The maximum absolute atomic E-state index is 13.3. The molecular weight excluding hydrogens is 398 g/mol. The van der Waals surface area contributed by atoms with Gasteiger partial charge in [0, 0.05) is 18.6 Å². The lowest BCUT2D eigenvalue weighted by molar-refractivity contribution is -0.137. The minimum atomic E-state index is -2.87. The van der Waals surface area contributed by atoms with Gasteiger partial charge >= 0.3 is 0 Å². The molecule has 30 heavy (non-hydrogen) atoms. The average Bonchev–Trinajstić information content (AvgIpc) is 3.13. The third-order valence-corrected chi connectivity index (χ3v) is 6.15. The predicted octanol–water partition coefficient (Wildman–Crippen LogP) is 5.82. The SMILES string of the molecule is CCC(CC)C(=O)N1N=C(c2cccc(NS(C)(O)O)c2)CC1c1ccccc1C. The van der Waals surface area contributed by atoms with Gasteiger partial charge < -0.3 is 0 Å². The predicted molar refractivity (Wildman–Crippen MR) is 125 cm³/mol. The Hall–Kier alpha value is -2.35. The van der Waals surface area contributed by atoms with Crippen LogP contribution in [-0.4, -0.2) is 32.0 Å². The molecule has 0 aliphatic carbocycles. The summed E-state index contributed by atoms with van der Waals surface area (Å²) < 4.78 is 22.2. The molecule has 0 saturated heterocycles. The second-order valence-corrected chi connectivity index (χ2v) is 9.71. The van der Waals surface area contributed by atoms with Crippen molar-refractivity contribution in [1.82, 2.24) is 5.01 Å². The lowest BCUT2D eigenvalue weighted by Crippen LogP contribution is -2.32. The third-order valence-electron chi connectivity index (χ3n) is 5.53. The monoisotopic (exact) mass is 429 g/mol. The summed E-state index contributed by atoms with van der Waals surface area (Å²) in [5.41, 5.74) is 4.53. The fraction of sp³-hybridized carbons (Fsp3) is 0.391. The molecule has 0 bridgehead atoms. The Morgan fingerprint density at radius 3 is 2.53 bits per heavy atom. The zero-order chi connectivity index (χ0) is 21.9. The largest absolute Gasteiger partial charge is 0.285 e. The number of carbonyl (C=O) groups excluding carboxylic acids is 1. The van der Waals surface area contributed by atoms with Crippen molar-refractivity contribution < 1.29 is 13.9 Å². The quantitative estimate of drug-likeness (QED) is 0.518. The number of rotatable bonds is 7. The fourth-order valence-electron chi connectivity index (χ4n) is 3.90. The molecule has 1 aliphatic rings. The molecule has 0 fully saturated rings. The van der Waals surface area contributed by atoms with Crippen molar-refractivity contribution in [2.75, 3.05) is 11.0 Å². The standard InChI is InChI=1S/C23H31N3O3S/c1-5-17(6-2)23(27)26-22(20-13-8-7-10-16(20)3)15-21(24-26)18-11-9-12-19(14-18)25-30(4,28)29/h7-14,17,22,25,28-29H,5-6,15H2,1-4H3. The zero-order valence-corrected chi connectivity index (χ0v) is 18.8. The normalized spacial score (nSPS) is 17.2. The maximum Gasteiger partial charge on any atom is 0.246 e. The Balaban J connectivity index is 1.98. The van der Waals surface area contributed by atoms with E-state index in [2.05, 4.69) is 23.8 Å². The van der Waals surface area contributed by atoms with Gasteiger partial charge in [0.05, 0.1) is 17.4 Å². The van der Waals surface area contributed by atoms with Gasteiger partial charge in [0.15, 0.2) is 0 Å². The summed E-state index contributed by atoms with van der Waals surface area (Å²) in [7, 11) is -2.87. The number of nitrogens with one attached hydrogen (secondary N) is 1. The molecule has 1 aliphatic heterocycles. The summed E-state index contributed by atoms with van der Waals surface area (Å²) in [5.74, 6) is 0.000901. The number of aryl methyl sites for hydroxylation is 1. The van der Waals surface area contributed by atoms with Gasteiger partial charge in [-0.2, -0.15) is 5.10 Å². The number of nitrogens with zero attached hydrogens (tertiary/aromatic N) is 2. The second kappa shape index (κ2) is 9.20. The number of hydrogen-bond donors (Lipinski definition) is 3. The first-order chi connectivity index (χ1) is 14.2. The smallest absolute Gasteiger partial charge is 0.246 e. The molecule has 6 nitrogen and oxygen atoms in total. The van der Waals surface area contributed by atoms with E-state index in [9.17, 15) is 13.9 Å². The first-order valence-corrected chi connectivity index (χ1v) is 12.3. The van der Waals surface area contributed by atoms with Crippen LogP contribution in [0.4, 0.5) is 5.69 Å². The van der Waals surface area contributed by atoms with E-state index in [1.165, 1.54) is 6.26 Å². The Bertz CT molecular complexity index is 935. The highest BCUT2D eigenvalue weighted by Crippen LogP contribution is 2.38. The Morgan fingerprint density at radius 2 is 1.90 bits per heavy atom. The van der Waals surface area contributed by atoms with Crippen LogP contribution in [0.25, 0.3) is 0 Å². The van der Waals surface area contributed by atoms with E-state index in [1.54, 1.807) is 11.1 Å². The minimum Gasteiger partial charge on any atom is -0.285 e. The highest BCUT2D eigenvalue weighted by Gasteiger charge is 2.36. The number of carbonyl (C=O) groups is 1. The summed E-state index contributed by atoms with van der Waals surface area (Å²) in [6.45, 7) is 6.13. The summed E-state index contributed by atoms with van der Waals surface area (Å²) in [6, 6.07) is 15.4. The minimum absolute atomic E-state index is 0.0549. The van der Waals surface area contributed by atoms with Gasteiger partial charge in [0.2, 0.25) is 5.91 Å². The van der Waals surface area contributed by atoms with E-state index >= 15 is 0 Å². The molecule has 0 spiro atoms. The molecule has 1 atom stereocenters. The van der Waals surface area contributed by atoms with Crippen molar-refractivity contribution in [2.24, 2.45) is 11.0 Å². The molecule has 2 aromatic rings. The van der Waals surface area contributed by atoms with Crippen LogP contribution in [-0.2, 0) is 4.79 Å². The number of hydrogen-bond acceptors (Lipinski definition) is 5. The van der Waals surface area contributed by atoms with Crippen LogP contribution >= 0.6 is 10.8 Å². The molecule has 0 saturated carbocycles. The van der Waals surface area contributed by atoms with Gasteiger partial charge in [-0.05, 0) is 48.6 Å². The first kappa shape index (κ1) is 22.3. The molecule has 162 valence electrons. The third kappa shape index (κ3) is 5.03. The number of hydrazone groups is 1. The number of benzene rings is 2. The van der Waals surface area contributed by atoms with Crippen molar-refractivity contribution in [2.45, 2.75) is 46.1 Å². The van der Waals surface area contributed by atoms with Crippen LogP contribution in [0.1, 0.15) is 55.8 Å².